The van der Waals surface area contributed by atoms with Gasteiger partial charge in [-0.05, 0) is 36.8 Å². The summed E-state index contributed by atoms with van der Waals surface area (Å²) in [5, 5.41) is 3.90. The number of benzene rings is 2. The van der Waals surface area contributed by atoms with E-state index in [0.717, 1.165) is 15.6 Å². The van der Waals surface area contributed by atoms with Crippen molar-refractivity contribution in [2.24, 2.45) is 0 Å². The molecule has 2 aromatic carbocycles. The number of rotatable bonds is 3. The molecule has 0 atom stereocenters. The molecule has 2 aromatic heterocycles. The Balaban J connectivity index is 1.68. The smallest absolute Gasteiger partial charge is 0.271 e. The first-order valence-electron chi connectivity index (χ1n) is 8.06. The van der Waals surface area contributed by atoms with Crippen molar-refractivity contribution < 1.29 is 9.18 Å². The molecule has 136 valence electrons. The molecule has 1 amide bonds. The van der Waals surface area contributed by atoms with Crippen molar-refractivity contribution in [2.75, 3.05) is 5.32 Å². The molecule has 2 heterocycles. The molecule has 0 bridgehead atoms. The second-order valence-electron chi connectivity index (χ2n) is 6.08. The number of aryl methyl sites for hydroxylation is 1. The molecule has 0 aliphatic heterocycles. The Labute approximate surface area is 162 Å². The third-order valence-corrected chi connectivity index (χ3v) is 5.66. The van der Waals surface area contributed by atoms with Crippen molar-refractivity contribution in [2.45, 2.75) is 13.5 Å². The van der Waals surface area contributed by atoms with Gasteiger partial charge in [-0.1, -0.05) is 23.7 Å². The molecule has 0 aliphatic rings. The molecule has 0 unspecified atom stereocenters. The molecular weight excluding hydrogens is 389 g/mol. The molecule has 4 aromatic rings. The van der Waals surface area contributed by atoms with Crippen LogP contribution in [0.15, 0.2) is 47.5 Å². The van der Waals surface area contributed by atoms with Gasteiger partial charge in [0.05, 0.1) is 16.9 Å². The van der Waals surface area contributed by atoms with E-state index in [4.69, 9.17) is 11.6 Å². The van der Waals surface area contributed by atoms with Crippen molar-refractivity contribution in [3.63, 3.8) is 0 Å². The number of halogens is 2. The normalized spacial score (nSPS) is 11.2. The fourth-order valence-corrected chi connectivity index (χ4v) is 4.31. The second-order valence-corrected chi connectivity index (χ2v) is 7.54. The first-order valence-corrected chi connectivity index (χ1v) is 9.25. The molecule has 0 saturated carbocycles. The van der Waals surface area contributed by atoms with Crippen LogP contribution in [0.2, 0.25) is 5.02 Å². The van der Waals surface area contributed by atoms with E-state index in [1.807, 2.05) is 12.1 Å². The van der Waals surface area contributed by atoms with E-state index < -0.39 is 11.7 Å². The zero-order valence-corrected chi connectivity index (χ0v) is 15.7. The molecule has 0 radical (unpaired) electrons. The molecule has 0 aliphatic carbocycles. The van der Waals surface area contributed by atoms with E-state index in [2.05, 4.69) is 10.3 Å². The highest BCUT2D eigenvalue weighted by molar-refractivity contribution is 7.25. The standard InChI is InChI=1S/C19H13ClFN3O2S/c1-10-5-6-11(21)7-13(10)23-15(25)8-24-9-22-17-16-12(20)3-2-4-14(16)27-18(17)19(24)26/h2-7,9H,8H2,1H3,(H,23,25). The maximum atomic E-state index is 13.4. The van der Waals surface area contributed by atoms with Crippen LogP contribution in [0.5, 0.6) is 0 Å². The summed E-state index contributed by atoms with van der Waals surface area (Å²) in [5.41, 5.74) is 1.31. The zero-order chi connectivity index (χ0) is 19.1. The number of thiophene rings is 1. The van der Waals surface area contributed by atoms with Gasteiger partial charge in [-0.15, -0.1) is 11.3 Å². The van der Waals surface area contributed by atoms with E-state index in [1.54, 1.807) is 19.1 Å². The van der Waals surface area contributed by atoms with Crippen molar-refractivity contribution in [1.82, 2.24) is 9.55 Å². The van der Waals surface area contributed by atoms with E-state index in [9.17, 15) is 14.0 Å². The van der Waals surface area contributed by atoms with Gasteiger partial charge in [-0.3, -0.25) is 14.2 Å². The summed E-state index contributed by atoms with van der Waals surface area (Å²) in [6, 6.07) is 9.57. The second kappa shape index (κ2) is 6.75. The lowest BCUT2D eigenvalue weighted by molar-refractivity contribution is -0.116. The van der Waals surface area contributed by atoms with Crippen LogP contribution >= 0.6 is 22.9 Å². The van der Waals surface area contributed by atoms with Crippen LogP contribution in [-0.2, 0) is 11.3 Å². The van der Waals surface area contributed by atoms with Crippen LogP contribution in [0, 0.1) is 12.7 Å². The number of nitrogens with one attached hydrogen (secondary N) is 1. The van der Waals surface area contributed by atoms with Gasteiger partial charge in [0.1, 0.15) is 17.1 Å². The topological polar surface area (TPSA) is 64.0 Å². The lowest BCUT2D eigenvalue weighted by Crippen LogP contribution is -2.27. The minimum atomic E-state index is -0.446. The van der Waals surface area contributed by atoms with E-state index in [0.29, 0.717) is 20.9 Å². The number of anilines is 1. The van der Waals surface area contributed by atoms with Crippen LogP contribution < -0.4 is 10.9 Å². The number of fused-ring (bicyclic) bond motifs is 3. The summed E-state index contributed by atoms with van der Waals surface area (Å²) >= 11 is 7.53. The van der Waals surface area contributed by atoms with Crippen LogP contribution in [0.1, 0.15) is 5.56 Å². The third-order valence-electron chi connectivity index (χ3n) is 4.21. The molecule has 0 fully saturated rings. The van der Waals surface area contributed by atoms with Gasteiger partial charge in [-0.25, -0.2) is 9.37 Å². The molecule has 0 saturated heterocycles. The van der Waals surface area contributed by atoms with Crippen LogP contribution in [0.25, 0.3) is 20.3 Å². The number of carbonyl (C=O) groups excluding carboxylic acids is 1. The minimum absolute atomic E-state index is 0.223. The maximum absolute atomic E-state index is 13.4. The van der Waals surface area contributed by atoms with Gasteiger partial charge in [0, 0.05) is 15.8 Å². The fraction of sp³-hybridized carbons (Fsp3) is 0.105. The molecule has 8 heteroatoms. The van der Waals surface area contributed by atoms with Crippen LogP contribution in [-0.4, -0.2) is 15.5 Å². The summed E-state index contributed by atoms with van der Waals surface area (Å²) in [7, 11) is 0. The van der Waals surface area contributed by atoms with Gasteiger partial charge in [0.15, 0.2) is 0 Å². The summed E-state index contributed by atoms with van der Waals surface area (Å²) in [6.07, 6.45) is 1.33. The maximum Gasteiger partial charge on any atom is 0.271 e. The van der Waals surface area contributed by atoms with Gasteiger partial charge < -0.3 is 5.32 Å². The monoisotopic (exact) mass is 401 g/mol. The molecule has 0 spiro atoms. The van der Waals surface area contributed by atoms with Gasteiger partial charge >= 0.3 is 0 Å². The van der Waals surface area contributed by atoms with Gasteiger partial charge in [0.2, 0.25) is 5.91 Å². The van der Waals surface area contributed by atoms with E-state index >= 15 is 0 Å². The highest BCUT2D eigenvalue weighted by Gasteiger charge is 2.15. The zero-order valence-electron chi connectivity index (χ0n) is 14.1. The van der Waals surface area contributed by atoms with Crippen LogP contribution in [0.4, 0.5) is 10.1 Å². The number of amides is 1. The highest BCUT2D eigenvalue weighted by Crippen LogP contribution is 2.34. The molecule has 1 N–H and O–H groups in total. The number of hydrogen-bond acceptors (Lipinski definition) is 4. The van der Waals surface area contributed by atoms with E-state index in [-0.39, 0.29) is 12.1 Å². The molecule has 5 nitrogen and oxygen atoms in total. The minimum Gasteiger partial charge on any atom is -0.324 e. The Morgan fingerprint density at radius 2 is 2.15 bits per heavy atom. The summed E-state index contributed by atoms with van der Waals surface area (Å²) < 4.78 is 15.9. The quantitative estimate of drug-likeness (QED) is 0.555. The van der Waals surface area contributed by atoms with Crippen molar-refractivity contribution in [3.05, 3.63) is 69.5 Å². The molecule has 4 rings (SSSR count). The first-order chi connectivity index (χ1) is 12.9. The third kappa shape index (κ3) is 3.20. The molecular formula is C19H13ClFN3O2S. The largest absolute Gasteiger partial charge is 0.324 e. The lowest BCUT2D eigenvalue weighted by atomic mass is 10.2. The predicted octanol–water partition coefficient (Wildman–Crippen LogP) is 4.35. The number of nitrogens with zero attached hydrogens (tertiary/aromatic N) is 2. The van der Waals surface area contributed by atoms with Crippen molar-refractivity contribution in [3.8, 4) is 0 Å². The number of aromatic nitrogens is 2. The van der Waals surface area contributed by atoms with Gasteiger partial charge in [-0.2, -0.15) is 0 Å². The van der Waals surface area contributed by atoms with Crippen LogP contribution in [0.3, 0.4) is 0 Å². The average Bonchev–Trinajstić information content (AvgIpc) is 3.01. The Kier molecular flexibility index (Phi) is 4.41. The first kappa shape index (κ1) is 17.6. The fourth-order valence-electron chi connectivity index (χ4n) is 2.86. The Hall–Kier alpha value is -2.77. The van der Waals surface area contributed by atoms with Gasteiger partial charge in [0.25, 0.3) is 5.56 Å². The SMILES string of the molecule is Cc1ccc(F)cc1NC(=O)Cn1cnc2c(sc3cccc(Cl)c32)c1=O. The van der Waals surface area contributed by atoms with Crippen molar-refractivity contribution in [1.29, 1.82) is 0 Å². The van der Waals surface area contributed by atoms with Crippen molar-refractivity contribution >= 4 is 54.8 Å². The number of carbonyl (C=O) groups is 1. The number of hydrogen-bond donors (Lipinski definition) is 1. The Bertz CT molecular complexity index is 1270. The molecule has 27 heavy (non-hydrogen) atoms. The summed E-state index contributed by atoms with van der Waals surface area (Å²) in [6.45, 7) is 1.54. The van der Waals surface area contributed by atoms with E-state index in [1.165, 1.54) is 34.4 Å². The Morgan fingerprint density at radius 1 is 1.33 bits per heavy atom. The average molecular weight is 402 g/mol. The Morgan fingerprint density at radius 3 is 2.96 bits per heavy atom. The highest BCUT2D eigenvalue weighted by atomic mass is 35.5. The summed E-state index contributed by atoms with van der Waals surface area (Å²) in [4.78, 5) is 29.4. The predicted molar refractivity (Wildman–Crippen MR) is 106 cm³/mol. The lowest BCUT2D eigenvalue weighted by Gasteiger charge is -2.09. The summed E-state index contributed by atoms with van der Waals surface area (Å²) in [5.74, 6) is -0.885.